The molecule has 0 aromatic carbocycles. The molecule has 0 aliphatic carbocycles. The molecule has 648 valence electrons. The molecule has 6 atom stereocenters. The molecule has 0 saturated heterocycles. The van der Waals surface area contributed by atoms with Gasteiger partial charge in [0.1, 0.15) is 68.3 Å². The highest BCUT2D eigenvalue weighted by atomic mass is 19.4. The topological polar surface area (TPSA) is 383 Å². The Morgan fingerprint density at radius 1 is 0.254 bits per heavy atom. The second kappa shape index (κ2) is 39.4. The van der Waals surface area contributed by atoms with Crippen molar-refractivity contribution in [3.8, 4) is 0 Å². The molecule has 0 spiro atoms. The van der Waals surface area contributed by atoms with Crippen LogP contribution >= 0.6 is 0 Å². The number of hydrogen-bond donors (Lipinski definition) is 12. The summed E-state index contributed by atoms with van der Waals surface area (Å²) < 4.78 is 225. The Morgan fingerprint density at radius 2 is 0.412 bits per heavy atom. The molecule has 0 amide bonds. The van der Waals surface area contributed by atoms with Crippen LogP contribution in [0.25, 0.3) is 0 Å². The van der Waals surface area contributed by atoms with Crippen molar-refractivity contribution in [2.75, 3.05) is 66.3 Å². The molecular weight excluding hydrogens is 1540 g/mol. The number of anilines is 12. The van der Waals surface area contributed by atoms with Gasteiger partial charge in [0.05, 0.1) is 0 Å². The fourth-order valence-electron chi connectivity index (χ4n) is 10.1. The first-order valence-corrected chi connectivity index (χ1v) is 35.8. The SMILES string of the molecule is CC(C)[C@@H](Nc1ncc(C(F)(F)F)c(N)n1)C(C)(C)C.CC(C)[C@H](Nc1ncc(C(F)(F)F)c(N)n1)C(C)(C)C.CC[C@@H](Nc1ncc(C(F)(F)F)c(N)n1)C(C)(C)C.CC[C@H](Nc1ncc(C(F)(F)F)c(N)n1)C(C)(C)C.C[C@@H](Nc1ncc(C(F)(F)F)c(N)n1)C(C)(C)C.C[C@H](Nc1ncc(C(F)(F)F)c(N)n1)C(C)(C)C. The first-order valence-electron chi connectivity index (χ1n) is 35.8. The van der Waals surface area contributed by atoms with E-state index in [2.05, 4.69) is 91.7 Å². The van der Waals surface area contributed by atoms with Crippen molar-refractivity contribution in [2.24, 2.45) is 44.3 Å². The molecule has 0 fully saturated rings. The Labute approximate surface area is 654 Å². The Bertz CT molecular complexity index is 3700. The van der Waals surface area contributed by atoms with Gasteiger partial charge in [-0.15, -0.1) is 0 Å². The maximum Gasteiger partial charge on any atom is 0.421 e. The van der Waals surface area contributed by atoms with Gasteiger partial charge < -0.3 is 66.3 Å². The van der Waals surface area contributed by atoms with Gasteiger partial charge in [-0.2, -0.15) is 109 Å². The number of nitrogen functional groups attached to an aromatic ring is 6. The standard InChI is InChI=1S/2C13H21F3N4.2C12H19F3N4.2C11H17F3N4/c2*1-7(2)9(12(3,4)5)19-11-18-6-8(10(17)20-11)13(14,15)16;2*1-5-8(11(2,3)4)18-10-17-6-7(9(16)19-10)12(13,14)15;2*1-6(10(2,3)4)17-9-16-5-7(8(15)18-9)11(12,13)14/h2*6-7,9H,1-5H3,(H3,17,18,19,20);2*6,8H,5H2,1-4H3,(H3,16,17,18,19);2*5-6H,1-4H3,(H3,15,16,17,18)/t2*9-;2*8-;2*6-/m101010/s1. The smallest absolute Gasteiger partial charge is 0.383 e. The summed E-state index contributed by atoms with van der Waals surface area (Å²) in [5.41, 5.74) is 25.4. The van der Waals surface area contributed by atoms with Crippen LogP contribution in [-0.2, 0) is 37.1 Å². The van der Waals surface area contributed by atoms with Crippen molar-refractivity contribution in [3.63, 3.8) is 0 Å². The molecule has 24 nitrogen and oxygen atoms in total. The maximum absolute atomic E-state index is 12.6. The van der Waals surface area contributed by atoms with Crippen LogP contribution in [0.1, 0.15) is 226 Å². The zero-order valence-electron chi connectivity index (χ0n) is 69.1. The van der Waals surface area contributed by atoms with E-state index < -0.39 is 105 Å². The minimum Gasteiger partial charge on any atom is -0.383 e. The number of rotatable bonds is 16. The first kappa shape index (κ1) is 103. The zero-order valence-corrected chi connectivity index (χ0v) is 69.1. The Morgan fingerprint density at radius 3 is 0.526 bits per heavy atom. The molecule has 6 rings (SSSR count). The minimum atomic E-state index is -4.54. The Balaban J connectivity index is 0.000000684. The quantitative estimate of drug-likeness (QED) is 0.0400. The van der Waals surface area contributed by atoms with Gasteiger partial charge in [-0.05, 0) is 71.0 Å². The van der Waals surface area contributed by atoms with E-state index in [4.69, 9.17) is 34.4 Å². The molecule has 0 bridgehead atoms. The lowest BCUT2D eigenvalue weighted by Crippen LogP contribution is -2.39. The van der Waals surface area contributed by atoms with Gasteiger partial charge in [-0.1, -0.05) is 166 Å². The van der Waals surface area contributed by atoms with Crippen molar-refractivity contribution >= 4 is 70.6 Å². The number of nitrogens with one attached hydrogen (secondary N) is 6. The monoisotopic (exact) mass is 1660 g/mol. The van der Waals surface area contributed by atoms with E-state index in [0.717, 1.165) is 12.8 Å². The third-order valence-electron chi connectivity index (χ3n) is 17.3. The lowest BCUT2D eigenvalue weighted by atomic mass is 9.80. The van der Waals surface area contributed by atoms with E-state index in [1.165, 1.54) is 0 Å². The van der Waals surface area contributed by atoms with E-state index in [-0.39, 0.29) is 116 Å². The van der Waals surface area contributed by atoms with Gasteiger partial charge in [-0.25, -0.2) is 29.9 Å². The average Bonchev–Trinajstić information content (AvgIpc) is 0.816. The predicted octanol–water partition coefficient (Wildman–Crippen LogP) is 19.6. The lowest BCUT2D eigenvalue weighted by Gasteiger charge is -2.34. The number of alkyl halides is 18. The van der Waals surface area contributed by atoms with Crippen LogP contribution in [0.5, 0.6) is 0 Å². The molecule has 6 aromatic rings. The summed E-state index contributed by atoms with van der Waals surface area (Å²) in [7, 11) is 0. The molecule has 6 aromatic heterocycles. The van der Waals surface area contributed by atoms with Crippen LogP contribution in [-0.4, -0.2) is 96.1 Å². The summed E-state index contributed by atoms with van der Waals surface area (Å²) >= 11 is 0. The van der Waals surface area contributed by atoms with Gasteiger partial charge >= 0.3 is 37.1 Å². The highest BCUT2D eigenvalue weighted by Crippen LogP contribution is 2.40. The number of nitrogens with zero attached hydrogens (tertiary/aromatic N) is 12. The van der Waals surface area contributed by atoms with E-state index in [1.807, 2.05) is 180 Å². The van der Waals surface area contributed by atoms with Gasteiger partial charge in [0.25, 0.3) is 0 Å². The molecule has 0 unspecified atom stereocenters. The van der Waals surface area contributed by atoms with Crippen LogP contribution < -0.4 is 66.3 Å². The average molecular weight is 1660 g/mol. The molecule has 18 N–H and O–H groups in total. The van der Waals surface area contributed by atoms with E-state index in [9.17, 15) is 79.0 Å². The molecule has 0 aliphatic heterocycles. The van der Waals surface area contributed by atoms with Gasteiger partial charge in [-0.3, -0.25) is 0 Å². The normalized spacial score (nSPS) is 14.4. The summed E-state index contributed by atoms with van der Waals surface area (Å²) in [4.78, 5) is 44.1. The second-order valence-corrected chi connectivity index (χ2v) is 33.8. The Hall–Kier alpha value is -9.18. The van der Waals surface area contributed by atoms with E-state index in [1.54, 1.807) is 0 Å². The third kappa shape index (κ3) is 34.1. The van der Waals surface area contributed by atoms with Crippen LogP contribution in [0.3, 0.4) is 0 Å². The van der Waals surface area contributed by atoms with Crippen LogP contribution in [0.15, 0.2) is 37.2 Å². The molecule has 0 aliphatic rings. The van der Waals surface area contributed by atoms with E-state index >= 15 is 0 Å². The highest BCUT2D eigenvalue weighted by molar-refractivity contribution is 5.50. The van der Waals surface area contributed by atoms with Gasteiger partial charge in [0.2, 0.25) is 35.7 Å². The van der Waals surface area contributed by atoms with Gasteiger partial charge in [0, 0.05) is 73.4 Å². The maximum atomic E-state index is 12.6. The van der Waals surface area contributed by atoms with Crippen molar-refractivity contribution in [3.05, 3.63) is 70.6 Å². The molecule has 0 saturated carbocycles. The largest absolute Gasteiger partial charge is 0.421 e. The summed E-state index contributed by atoms with van der Waals surface area (Å²) in [6, 6.07) is 0.104. The summed E-state index contributed by atoms with van der Waals surface area (Å²) in [5.74, 6) is -2.19. The van der Waals surface area contributed by atoms with Crippen LogP contribution in [0.4, 0.5) is 150 Å². The van der Waals surface area contributed by atoms with Crippen molar-refractivity contribution < 1.29 is 79.0 Å². The Kier molecular flexibility index (Phi) is 35.6. The van der Waals surface area contributed by atoms with E-state index in [0.29, 0.717) is 37.2 Å². The zero-order chi connectivity index (χ0) is 89.4. The number of aromatic nitrogens is 12. The fourth-order valence-corrected chi connectivity index (χ4v) is 10.1. The summed E-state index contributed by atoms with van der Waals surface area (Å²) in [6.07, 6.45) is -21.4. The van der Waals surface area contributed by atoms with Crippen LogP contribution in [0.2, 0.25) is 0 Å². The number of hydrogen-bond acceptors (Lipinski definition) is 24. The van der Waals surface area contributed by atoms with Gasteiger partial charge in [0.15, 0.2) is 0 Å². The summed E-state index contributed by atoms with van der Waals surface area (Å²) in [5, 5.41) is 18.0. The third-order valence-corrected chi connectivity index (χ3v) is 17.3. The van der Waals surface area contributed by atoms with Crippen molar-refractivity contribution in [2.45, 2.75) is 266 Å². The number of halogens is 18. The fraction of sp³-hybridized carbons (Fsp3) is 0.667. The number of nitrogens with two attached hydrogens (primary N) is 6. The minimum absolute atomic E-state index is 0.00589. The van der Waals surface area contributed by atoms with Crippen LogP contribution in [0, 0.1) is 44.3 Å². The van der Waals surface area contributed by atoms with Crippen molar-refractivity contribution in [1.82, 2.24) is 59.8 Å². The predicted molar refractivity (Wildman–Crippen MR) is 411 cm³/mol. The molecule has 0 radical (unpaired) electrons. The highest BCUT2D eigenvalue weighted by Gasteiger charge is 2.41. The van der Waals surface area contributed by atoms with Crippen molar-refractivity contribution in [1.29, 1.82) is 0 Å². The lowest BCUT2D eigenvalue weighted by molar-refractivity contribution is -0.138. The summed E-state index contributed by atoms with van der Waals surface area (Å²) in [6.45, 7) is 52.3. The molecule has 42 heteroatoms. The molecular formula is C72H114F18N24. The molecule has 6 heterocycles. The molecule has 114 heavy (non-hydrogen) atoms. The first-order chi connectivity index (χ1) is 51.0. The second-order valence-electron chi connectivity index (χ2n) is 33.8.